The fourth-order valence-electron chi connectivity index (χ4n) is 2.04. The fourth-order valence-corrected chi connectivity index (χ4v) is 2.79. The molecule has 3 rings (SSSR count). The maximum Gasteiger partial charge on any atom is 0.233 e. The summed E-state index contributed by atoms with van der Waals surface area (Å²) in [6.07, 6.45) is 2.12. The van der Waals surface area contributed by atoms with Gasteiger partial charge in [-0.15, -0.1) is 11.8 Å². The third-order valence-electron chi connectivity index (χ3n) is 3.55. The molecule has 0 aliphatic heterocycles. The molecule has 0 spiro atoms. The van der Waals surface area contributed by atoms with Crippen molar-refractivity contribution >= 4 is 35.3 Å². The van der Waals surface area contributed by atoms with Gasteiger partial charge in [-0.25, -0.2) is 4.39 Å². The minimum absolute atomic E-state index is 0.0270. The molecule has 1 saturated carbocycles. The normalized spacial score (nSPS) is 14.8. The van der Waals surface area contributed by atoms with Gasteiger partial charge >= 0.3 is 0 Å². The van der Waals surface area contributed by atoms with E-state index in [1.165, 1.54) is 23.9 Å². The van der Waals surface area contributed by atoms with Crippen LogP contribution in [0.2, 0.25) is 0 Å². The molecule has 9 heteroatoms. The number of aromatic nitrogens is 3. The highest BCUT2D eigenvalue weighted by Gasteiger charge is 2.25. The third-order valence-corrected chi connectivity index (χ3v) is 4.69. The predicted molar refractivity (Wildman–Crippen MR) is 95.8 cm³/mol. The molecule has 1 unspecified atom stereocenters. The Bertz CT molecular complexity index is 753. The molecular weight excluding hydrogens is 343 g/mol. The lowest BCUT2D eigenvalue weighted by Crippen LogP contribution is -2.32. The molecule has 1 aromatic carbocycles. The van der Waals surface area contributed by atoms with Crippen molar-refractivity contribution in [2.75, 3.05) is 11.1 Å². The van der Waals surface area contributed by atoms with Crippen molar-refractivity contribution in [2.45, 2.75) is 36.8 Å². The summed E-state index contributed by atoms with van der Waals surface area (Å²) in [5, 5.41) is 5.73. The number of halogens is 1. The summed E-state index contributed by atoms with van der Waals surface area (Å²) >= 11 is 1.44. The number of rotatable bonds is 7. The third kappa shape index (κ3) is 5.28. The minimum atomic E-state index is -0.323. The monoisotopic (exact) mass is 362 g/mol. The first-order chi connectivity index (χ1) is 12.0. The Balaban J connectivity index is 1.60. The van der Waals surface area contributed by atoms with Gasteiger partial charge in [0.15, 0.2) is 0 Å². The molecule has 25 heavy (non-hydrogen) atoms. The van der Waals surface area contributed by atoms with Gasteiger partial charge in [-0.05, 0) is 44.0 Å². The Morgan fingerprint density at radius 2 is 2.04 bits per heavy atom. The summed E-state index contributed by atoms with van der Waals surface area (Å²) < 4.78 is 13.0. The molecule has 4 N–H and O–H groups in total. The number of hydrogen-bond donors (Lipinski definition) is 3. The molecule has 0 bridgehead atoms. The van der Waals surface area contributed by atoms with Crippen LogP contribution in [0.15, 0.2) is 24.3 Å². The molecule has 7 nitrogen and oxygen atoms in total. The predicted octanol–water partition coefficient (Wildman–Crippen LogP) is 2.24. The molecule has 1 amide bonds. The van der Waals surface area contributed by atoms with Gasteiger partial charge in [-0.2, -0.15) is 15.0 Å². The number of anilines is 3. The first-order valence-electron chi connectivity index (χ1n) is 7.94. The molecule has 1 fully saturated rings. The molecule has 1 heterocycles. The highest BCUT2D eigenvalue weighted by molar-refractivity contribution is 7.99. The average molecular weight is 362 g/mol. The van der Waals surface area contributed by atoms with E-state index in [9.17, 15) is 9.18 Å². The van der Waals surface area contributed by atoms with E-state index in [0.717, 1.165) is 12.8 Å². The molecule has 2 aromatic rings. The molecule has 1 aliphatic rings. The number of carbonyl (C=O) groups is 1. The smallest absolute Gasteiger partial charge is 0.233 e. The van der Waals surface area contributed by atoms with Crippen LogP contribution in [0.25, 0.3) is 0 Å². The molecular formula is C16H19FN6OS. The van der Waals surface area contributed by atoms with Crippen molar-refractivity contribution in [1.29, 1.82) is 0 Å². The van der Waals surface area contributed by atoms with E-state index in [1.54, 1.807) is 12.1 Å². The number of thioether (sulfide) groups is 1. The first-order valence-corrected chi connectivity index (χ1v) is 8.99. The molecule has 1 aliphatic carbocycles. The van der Waals surface area contributed by atoms with Crippen LogP contribution in [-0.2, 0) is 10.5 Å². The summed E-state index contributed by atoms with van der Waals surface area (Å²) in [5.41, 5.74) is 6.37. The number of nitrogens with two attached hydrogens (primary N) is 1. The summed E-state index contributed by atoms with van der Waals surface area (Å²) in [6.45, 7) is 1.85. The number of amides is 1. The van der Waals surface area contributed by atoms with E-state index in [-0.39, 0.29) is 28.9 Å². The van der Waals surface area contributed by atoms with Gasteiger partial charge in [-0.1, -0.05) is 0 Å². The van der Waals surface area contributed by atoms with Gasteiger partial charge in [-0.3, -0.25) is 4.79 Å². The van der Waals surface area contributed by atoms with Crippen molar-refractivity contribution < 1.29 is 9.18 Å². The van der Waals surface area contributed by atoms with E-state index in [1.807, 2.05) is 6.92 Å². The van der Waals surface area contributed by atoms with E-state index in [0.29, 0.717) is 23.3 Å². The van der Waals surface area contributed by atoms with E-state index in [2.05, 4.69) is 25.6 Å². The number of benzene rings is 1. The number of hydrogen-bond acceptors (Lipinski definition) is 7. The standard InChI is InChI=1S/C16H19FN6OS/c1-9(14(24)19-11-6-7-11)25-8-13-21-15(18)23-16(22-13)20-12-4-2-10(17)3-5-12/h2-5,9,11H,6-8H2,1H3,(H,19,24)(H3,18,20,21,22,23). The zero-order valence-corrected chi connectivity index (χ0v) is 14.5. The Morgan fingerprint density at radius 1 is 1.32 bits per heavy atom. The molecule has 1 aromatic heterocycles. The molecule has 0 radical (unpaired) electrons. The van der Waals surface area contributed by atoms with E-state index in [4.69, 9.17) is 5.73 Å². The zero-order chi connectivity index (χ0) is 17.8. The van der Waals surface area contributed by atoms with Crippen molar-refractivity contribution in [1.82, 2.24) is 20.3 Å². The van der Waals surface area contributed by atoms with Gasteiger partial charge in [0.25, 0.3) is 0 Å². The second kappa shape index (κ2) is 7.64. The van der Waals surface area contributed by atoms with E-state index < -0.39 is 0 Å². The number of carbonyl (C=O) groups excluding carboxylic acids is 1. The van der Waals surface area contributed by atoms with Gasteiger partial charge in [0.05, 0.1) is 11.0 Å². The quantitative estimate of drug-likeness (QED) is 0.693. The van der Waals surface area contributed by atoms with Crippen molar-refractivity contribution in [2.24, 2.45) is 0 Å². The Morgan fingerprint density at radius 3 is 2.72 bits per heavy atom. The van der Waals surface area contributed by atoms with Crippen molar-refractivity contribution in [3.8, 4) is 0 Å². The van der Waals surface area contributed by atoms with E-state index >= 15 is 0 Å². The maximum absolute atomic E-state index is 13.0. The van der Waals surface area contributed by atoms with Crippen LogP contribution in [0.1, 0.15) is 25.6 Å². The zero-order valence-electron chi connectivity index (χ0n) is 13.7. The molecule has 132 valence electrons. The van der Waals surface area contributed by atoms with Crippen LogP contribution in [-0.4, -0.2) is 32.2 Å². The van der Waals surface area contributed by atoms with Crippen LogP contribution in [0, 0.1) is 5.82 Å². The highest BCUT2D eigenvalue weighted by Crippen LogP contribution is 2.22. The van der Waals surface area contributed by atoms with Gasteiger partial charge in [0, 0.05) is 11.7 Å². The Labute approximate surface area is 149 Å². The number of nitrogen functional groups attached to an aromatic ring is 1. The lowest BCUT2D eigenvalue weighted by Gasteiger charge is -2.11. The lowest BCUT2D eigenvalue weighted by molar-refractivity contribution is -0.120. The van der Waals surface area contributed by atoms with Crippen LogP contribution < -0.4 is 16.4 Å². The summed E-state index contributed by atoms with van der Waals surface area (Å²) in [7, 11) is 0. The van der Waals surface area contributed by atoms with Crippen molar-refractivity contribution in [3.63, 3.8) is 0 Å². The second-order valence-electron chi connectivity index (χ2n) is 5.80. The van der Waals surface area contributed by atoms with Crippen LogP contribution in [0.5, 0.6) is 0 Å². The number of nitrogens with zero attached hydrogens (tertiary/aromatic N) is 3. The topological polar surface area (TPSA) is 106 Å². The lowest BCUT2D eigenvalue weighted by atomic mass is 10.3. The SMILES string of the molecule is CC(SCc1nc(N)nc(Nc2ccc(F)cc2)n1)C(=O)NC1CC1. The van der Waals surface area contributed by atoms with Gasteiger partial charge < -0.3 is 16.4 Å². The maximum atomic E-state index is 13.0. The van der Waals surface area contributed by atoms with Gasteiger partial charge in [0.1, 0.15) is 11.6 Å². The van der Waals surface area contributed by atoms with Crippen LogP contribution in [0.4, 0.5) is 22.0 Å². The van der Waals surface area contributed by atoms with Crippen molar-refractivity contribution in [3.05, 3.63) is 35.9 Å². The largest absolute Gasteiger partial charge is 0.368 e. The molecule has 1 atom stereocenters. The summed E-state index contributed by atoms with van der Waals surface area (Å²) in [4.78, 5) is 24.4. The summed E-state index contributed by atoms with van der Waals surface area (Å²) in [6, 6.07) is 6.17. The minimum Gasteiger partial charge on any atom is -0.368 e. The fraction of sp³-hybridized carbons (Fsp3) is 0.375. The highest BCUT2D eigenvalue weighted by atomic mass is 32.2. The first kappa shape index (κ1) is 17.4. The van der Waals surface area contributed by atoms with Gasteiger partial charge in [0.2, 0.25) is 17.8 Å². The Kier molecular flexibility index (Phi) is 5.32. The van der Waals surface area contributed by atoms with Crippen LogP contribution >= 0.6 is 11.8 Å². The summed E-state index contributed by atoms with van der Waals surface area (Å²) in [5.74, 6) is 0.989. The second-order valence-corrected chi connectivity index (χ2v) is 7.13. The Hall–Kier alpha value is -2.42. The number of nitrogens with one attached hydrogen (secondary N) is 2. The molecule has 0 saturated heterocycles. The average Bonchev–Trinajstić information content (AvgIpc) is 3.38. The van der Waals surface area contributed by atoms with Crippen LogP contribution in [0.3, 0.4) is 0 Å².